The van der Waals surface area contributed by atoms with Crippen molar-refractivity contribution in [3.05, 3.63) is 29.2 Å². The summed E-state index contributed by atoms with van der Waals surface area (Å²) in [6, 6.07) is 3.01. The number of aromatic nitrogens is 1. The smallest absolute Gasteiger partial charge is 0.169 e. The van der Waals surface area contributed by atoms with E-state index in [1.54, 1.807) is 6.07 Å². The molecular weight excluding hydrogens is 169 g/mol. The Bertz CT molecular complexity index is 398. The summed E-state index contributed by atoms with van der Waals surface area (Å²) in [5.41, 5.74) is 0.409. The second-order valence-electron chi connectivity index (χ2n) is 2.10. The van der Waals surface area contributed by atoms with Gasteiger partial charge in [-0.1, -0.05) is 16.8 Å². The Labute approximate surface area is 66.5 Å². The van der Waals surface area contributed by atoms with Gasteiger partial charge in [-0.15, -0.1) is 0 Å². The van der Waals surface area contributed by atoms with Gasteiger partial charge in [0, 0.05) is 0 Å². The van der Waals surface area contributed by atoms with Gasteiger partial charge < -0.3 is 4.52 Å². The highest BCUT2D eigenvalue weighted by molar-refractivity contribution is 6.31. The van der Waals surface area contributed by atoms with E-state index in [2.05, 4.69) is 5.16 Å². The first kappa shape index (κ1) is 6.61. The minimum Gasteiger partial charge on any atom is -0.356 e. The largest absolute Gasteiger partial charge is 0.356 e. The molecule has 0 bridgehead atoms. The first-order chi connectivity index (χ1) is 5.29. The summed E-state index contributed by atoms with van der Waals surface area (Å²) < 4.78 is 17.7. The summed E-state index contributed by atoms with van der Waals surface area (Å²) in [7, 11) is 0. The molecule has 4 heteroatoms. The first-order valence-corrected chi connectivity index (χ1v) is 3.35. The van der Waals surface area contributed by atoms with E-state index in [1.807, 2.05) is 0 Å². The van der Waals surface area contributed by atoms with Crippen LogP contribution in [-0.4, -0.2) is 5.16 Å². The average Bonchev–Trinajstić information content (AvgIpc) is 2.45. The van der Waals surface area contributed by atoms with Gasteiger partial charge in [0.2, 0.25) is 0 Å². The van der Waals surface area contributed by atoms with Crippen molar-refractivity contribution in [2.24, 2.45) is 0 Å². The van der Waals surface area contributed by atoms with Crippen molar-refractivity contribution in [2.75, 3.05) is 0 Å². The van der Waals surface area contributed by atoms with Gasteiger partial charge in [-0.3, -0.25) is 0 Å². The number of fused-ring (bicyclic) bond motifs is 1. The lowest BCUT2D eigenvalue weighted by molar-refractivity contribution is 0.456. The summed E-state index contributed by atoms with van der Waals surface area (Å²) >= 11 is 5.50. The highest BCUT2D eigenvalue weighted by Gasteiger charge is 2.07. The van der Waals surface area contributed by atoms with Crippen LogP contribution < -0.4 is 0 Å². The maximum absolute atomic E-state index is 13.0. The Kier molecular flexibility index (Phi) is 1.32. The van der Waals surface area contributed by atoms with E-state index < -0.39 is 5.82 Å². The van der Waals surface area contributed by atoms with Crippen molar-refractivity contribution in [1.29, 1.82) is 0 Å². The van der Waals surface area contributed by atoms with Gasteiger partial charge in [-0.05, 0) is 12.1 Å². The molecule has 0 amide bonds. The molecule has 0 atom stereocenters. The molecule has 56 valence electrons. The molecule has 0 fully saturated rings. The molecule has 11 heavy (non-hydrogen) atoms. The predicted octanol–water partition coefficient (Wildman–Crippen LogP) is 2.62. The lowest BCUT2D eigenvalue weighted by Crippen LogP contribution is -1.75. The summed E-state index contributed by atoms with van der Waals surface area (Å²) in [6.07, 6.45) is 1.30. The molecule has 0 saturated carbocycles. The normalized spacial score (nSPS) is 10.7. The molecule has 2 aromatic rings. The van der Waals surface area contributed by atoms with Crippen LogP contribution in [-0.2, 0) is 0 Å². The van der Waals surface area contributed by atoms with Crippen molar-refractivity contribution in [3.63, 3.8) is 0 Å². The molecule has 0 aliphatic carbocycles. The number of halogens is 2. The monoisotopic (exact) mass is 171 g/mol. The molecule has 1 heterocycles. The predicted molar refractivity (Wildman–Crippen MR) is 39.0 cm³/mol. The fourth-order valence-corrected chi connectivity index (χ4v) is 1.05. The maximum atomic E-state index is 13.0. The number of rotatable bonds is 0. The zero-order chi connectivity index (χ0) is 7.84. The van der Waals surface area contributed by atoms with Crippen molar-refractivity contribution >= 4 is 22.6 Å². The van der Waals surface area contributed by atoms with Crippen LogP contribution in [0.3, 0.4) is 0 Å². The summed E-state index contributed by atoms with van der Waals surface area (Å²) in [5.74, 6) is -0.481. The topological polar surface area (TPSA) is 26.0 Å². The van der Waals surface area contributed by atoms with Crippen LogP contribution in [0, 0.1) is 5.82 Å². The van der Waals surface area contributed by atoms with E-state index in [9.17, 15) is 4.39 Å². The van der Waals surface area contributed by atoms with Gasteiger partial charge in [0.1, 0.15) is 0 Å². The van der Waals surface area contributed by atoms with Crippen molar-refractivity contribution in [2.45, 2.75) is 0 Å². The third-order valence-electron chi connectivity index (χ3n) is 1.43. The van der Waals surface area contributed by atoms with Gasteiger partial charge in [0.05, 0.1) is 16.6 Å². The van der Waals surface area contributed by atoms with Gasteiger partial charge in [0.25, 0.3) is 0 Å². The summed E-state index contributed by atoms with van der Waals surface area (Å²) in [4.78, 5) is 0. The number of nitrogens with zero attached hydrogens (tertiary/aromatic N) is 1. The van der Waals surface area contributed by atoms with E-state index in [-0.39, 0.29) is 5.02 Å². The zero-order valence-electron chi connectivity index (χ0n) is 5.34. The minimum atomic E-state index is -0.481. The summed E-state index contributed by atoms with van der Waals surface area (Å²) in [5, 5.41) is 3.83. The molecule has 0 saturated heterocycles. The van der Waals surface area contributed by atoms with Crippen LogP contribution >= 0.6 is 11.6 Å². The maximum Gasteiger partial charge on any atom is 0.169 e. The fraction of sp³-hybridized carbons (Fsp3) is 0. The Morgan fingerprint density at radius 3 is 3.09 bits per heavy atom. The molecule has 0 aliphatic rings. The Hall–Kier alpha value is -1.09. The molecule has 1 aromatic carbocycles. The van der Waals surface area contributed by atoms with E-state index >= 15 is 0 Å². The lowest BCUT2D eigenvalue weighted by atomic mass is 10.2. The van der Waals surface area contributed by atoms with Gasteiger partial charge >= 0.3 is 0 Å². The number of hydrogen-bond donors (Lipinski definition) is 0. The van der Waals surface area contributed by atoms with Gasteiger partial charge in [-0.25, -0.2) is 4.39 Å². The van der Waals surface area contributed by atoms with Crippen molar-refractivity contribution < 1.29 is 8.91 Å². The fourth-order valence-electron chi connectivity index (χ4n) is 0.884. The zero-order valence-corrected chi connectivity index (χ0v) is 6.10. The van der Waals surface area contributed by atoms with Crippen LogP contribution in [0.4, 0.5) is 4.39 Å². The highest BCUT2D eigenvalue weighted by atomic mass is 35.5. The summed E-state index contributed by atoms with van der Waals surface area (Å²) in [6.45, 7) is 0. The molecule has 1 aromatic heterocycles. The number of benzene rings is 1. The van der Waals surface area contributed by atoms with Crippen LogP contribution in [0.15, 0.2) is 22.9 Å². The number of hydrogen-bond acceptors (Lipinski definition) is 2. The van der Waals surface area contributed by atoms with Crippen LogP contribution in [0.5, 0.6) is 0 Å². The van der Waals surface area contributed by atoms with Crippen LogP contribution in [0.25, 0.3) is 11.0 Å². The Balaban J connectivity index is 2.93. The quantitative estimate of drug-likeness (QED) is 0.609. The van der Waals surface area contributed by atoms with Crippen molar-refractivity contribution in [3.8, 4) is 0 Å². The molecule has 0 spiro atoms. The van der Waals surface area contributed by atoms with Gasteiger partial charge in [-0.2, -0.15) is 0 Å². The Morgan fingerprint density at radius 2 is 2.27 bits per heavy atom. The van der Waals surface area contributed by atoms with E-state index in [0.717, 1.165) is 0 Å². The lowest BCUT2D eigenvalue weighted by Gasteiger charge is -1.91. The molecule has 0 aliphatic heterocycles. The second-order valence-corrected chi connectivity index (χ2v) is 2.51. The first-order valence-electron chi connectivity index (χ1n) is 2.97. The molecule has 0 radical (unpaired) electrons. The molecule has 0 N–H and O–H groups in total. The molecule has 2 nitrogen and oxygen atoms in total. The molecular formula is C7H3ClFNO. The highest BCUT2D eigenvalue weighted by Crippen LogP contribution is 2.23. The van der Waals surface area contributed by atoms with Gasteiger partial charge in [0.15, 0.2) is 11.4 Å². The van der Waals surface area contributed by atoms with E-state index in [0.29, 0.717) is 11.0 Å². The van der Waals surface area contributed by atoms with E-state index in [1.165, 1.54) is 12.3 Å². The average molecular weight is 172 g/mol. The Morgan fingerprint density at radius 1 is 1.45 bits per heavy atom. The van der Waals surface area contributed by atoms with Crippen molar-refractivity contribution in [1.82, 2.24) is 5.16 Å². The SMILES string of the molecule is Fc1c(Cl)ccc2oncc12. The third-order valence-corrected chi connectivity index (χ3v) is 1.72. The van der Waals surface area contributed by atoms with Crippen LogP contribution in [0.2, 0.25) is 5.02 Å². The van der Waals surface area contributed by atoms with Crippen LogP contribution in [0.1, 0.15) is 0 Å². The minimum absolute atomic E-state index is 0.0840. The van der Waals surface area contributed by atoms with E-state index in [4.69, 9.17) is 16.1 Å². The molecule has 0 unspecified atom stereocenters. The second kappa shape index (κ2) is 2.20. The standard InChI is InChI=1S/C7H3ClFNO/c8-5-1-2-6-4(7(5)9)3-10-11-6/h1-3H. The molecule has 2 rings (SSSR count). The third kappa shape index (κ3) is 0.886.